The van der Waals surface area contributed by atoms with Crippen LogP contribution in [0.4, 0.5) is 18.0 Å². The number of urea groups is 1. The smallest absolute Gasteiger partial charge is 0.317 e. The summed E-state index contributed by atoms with van der Waals surface area (Å²) in [6, 6.07) is 1.15. The number of piperidine rings is 1. The van der Waals surface area contributed by atoms with E-state index in [9.17, 15) is 23.1 Å². The van der Waals surface area contributed by atoms with E-state index in [4.69, 9.17) is 4.74 Å². The van der Waals surface area contributed by atoms with Crippen molar-refractivity contribution in [1.29, 1.82) is 0 Å². The van der Waals surface area contributed by atoms with Crippen LogP contribution in [0.2, 0.25) is 0 Å². The number of hydrogen-bond acceptors (Lipinski definition) is 4. The summed E-state index contributed by atoms with van der Waals surface area (Å²) in [5, 5.41) is 18.2. The fraction of sp³-hybridized carbons (Fsp3) is 0.750. The molecular formula is C28H44F3N3O3. The van der Waals surface area contributed by atoms with Gasteiger partial charge in [-0.3, -0.25) is 0 Å². The average Bonchev–Trinajstić information content (AvgIpc) is 2.89. The van der Waals surface area contributed by atoms with Crippen molar-refractivity contribution in [3.05, 3.63) is 35.1 Å². The van der Waals surface area contributed by atoms with Crippen molar-refractivity contribution in [3.8, 4) is 0 Å². The molecule has 0 spiro atoms. The van der Waals surface area contributed by atoms with Crippen molar-refractivity contribution in [2.24, 2.45) is 11.8 Å². The first-order chi connectivity index (χ1) is 17.8. The van der Waals surface area contributed by atoms with Gasteiger partial charge in [-0.15, -0.1) is 0 Å². The third-order valence-corrected chi connectivity index (χ3v) is 8.12. The fourth-order valence-electron chi connectivity index (χ4n) is 6.15. The molecule has 1 aromatic rings. The lowest BCUT2D eigenvalue weighted by Crippen LogP contribution is -2.54. The topological polar surface area (TPSA) is 73.8 Å². The van der Waals surface area contributed by atoms with Crippen LogP contribution in [0.25, 0.3) is 0 Å². The second-order valence-electron chi connectivity index (χ2n) is 10.9. The lowest BCUT2D eigenvalue weighted by molar-refractivity contribution is -0.0594. The van der Waals surface area contributed by atoms with Crippen molar-refractivity contribution in [2.75, 3.05) is 40.4 Å². The molecule has 210 valence electrons. The van der Waals surface area contributed by atoms with E-state index in [1.165, 1.54) is 32.1 Å². The number of nitrogens with one attached hydrogen (secondary N) is 2. The molecule has 2 amide bonds. The Bertz CT molecular complexity index is 869. The van der Waals surface area contributed by atoms with Crippen LogP contribution in [0.1, 0.15) is 76.2 Å². The highest BCUT2D eigenvalue weighted by atomic mass is 19.2. The minimum Gasteiger partial charge on any atom is -0.385 e. The van der Waals surface area contributed by atoms with Crippen LogP contribution >= 0.6 is 0 Å². The quantitative estimate of drug-likeness (QED) is 0.262. The SMILES string of the molecule is CNCC(CC1CCCCC1)NC(=O)N1CCC[C@@H]([C@@](O)(CCCCOC)c2cc(F)cc(F)c2F)C1. The van der Waals surface area contributed by atoms with E-state index in [0.717, 1.165) is 12.5 Å². The van der Waals surface area contributed by atoms with E-state index in [2.05, 4.69) is 10.6 Å². The van der Waals surface area contributed by atoms with Crippen molar-refractivity contribution in [3.63, 3.8) is 0 Å². The molecule has 1 heterocycles. The van der Waals surface area contributed by atoms with E-state index in [1.54, 1.807) is 12.0 Å². The maximum atomic E-state index is 14.9. The highest BCUT2D eigenvalue weighted by Gasteiger charge is 2.43. The predicted octanol–water partition coefficient (Wildman–Crippen LogP) is 5.09. The zero-order valence-electron chi connectivity index (χ0n) is 22.3. The van der Waals surface area contributed by atoms with Gasteiger partial charge in [0.1, 0.15) is 5.82 Å². The zero-order chi connectivity index (χ0) is 26.8. The average molecular weight is 528 g/mol. The summed E-state index contributed by atoms with van der Waals surface area (Å²) in [6.07, 6.45) is 9.37. The lowest BCUT2D eigenvalue weighted by atomic mass is 9.74. The number of amides is 2. The van der Waals surface area contributed by atoms with Crippen LogP contribution in [-0.2, 0) is 10.3 Å². The molecule has 3 N–H and O–H groups in total. The monoisotopic (exact) mass is 527 g/mol. The van der Waals surface area contributed by atoms with Crippen LogP contribution < -0.4 is 10.6 Å². The Hall–Kier alpha value is -1.84. The van der Waals surface area contributed by atoms with Gasteiger partial charge in [-0.25, -0.2) is 18.0 Å². The van der Waals surface area contributed by atoms with E-state index >= 15 is 0 Å². The normalized spacial score (nSPS) is 21.5. The number of carbonyl (C=O) groups excluding carboxylic acids is 1. The molecule has 0 radical (unpaired) electrons. The number of hydrogen-bond donors (Lipinski definition) is 3. The Morgan fingerprint density at radius 2 is 1.92 bits per heavy atom. The molecule has 1 saturated carbocycles. The third kappa shape index (κ3) is 8.07. The van der Waals surface area contributed by atoms with Crippen molar-refractivity contribution < 1.29 is 27.8 Å². The molecule has 37 heavy (non-hydrogen) atoms. The maximum absolute atomic E-state index is 14.9. The molecule has 6 nitrogen and oxygen atoms in total. The molecule has 0 aromatic heterocycles. The molecule has 2 aliphatic rings. The Balaban J connectivity index is 1.75. The first kappa shape index (κ1) is 29.7. The molecule has 2 fully saturated rings. The zero-order valence-corrected chi connectivity index (χ0v) is 22.3. The predicted molar refractivity (Wildman–Crippen MR) is 138 cm³/mol. The number of carbonyl (C=O) groups is 1. The third-order valence-electron chi connectivity index (χ3n) is 8.12. The highest BCUT2D eigenvalue weighted by Crippen LogP contribution is 2.41. The number of methoxy groups -OCH3 is 1. The molecule has 3 rings (SSSR count). The van der Waals surface area contributed by atoms with Crippen molar-refractivity contribution in [2.45, 2.75) is 82.3 Å². The standard InChI is InChI=1S/C28H44F3N3O3/c1-32-18-23(15-20-9-4-3-5-10-20)33-27(35)34-13-8-11-21(19-34)28(36,12-6-7-14-37-2)24-16-22(29)17-25(30)26(24)31/h16-17,20-21,23,32,36H,3-15,18-19H2,1-2H3,(H,33,35)/t21-,23?,28+/m1/s1. The van der Waals surface area contributed by atoms with E-state index < -0.39 is 29.0 Å². The molecule has 1 aliphatic heterocycles. The first-order valence-corrected chi connectivity index (χ1v) is 13.8. The van der Waals surface area contributed by atoms with Crippen LogP contribution in [-0.4, -0.2) is 62.5 Å². The summed E-state index contributed by atoms with van der Waals surface area (Å²) in [5.41, 5.74) is -2.19. The van der Waals surface area contributed by atoms with Gasteiger partial charge in [0.15, 0.2) is 11.6 Å². The summed E-state index contributed by atoms with van der Waals surface area (Å²) in [4.78, 5) is 15.0. The second kappa shape index (κ2) is 14.4. The lowest BCUT2D eigenvalue weighted by Gasteiger charge is -2.43. The van der Waals surface area contributed by atoms with Crippen molar-refractivity contribution >= 4 is 6.03 Å². The van der Waals surface area contributed by atoms with Gasteiger partial charge >= 0.3 is 6.03 Å². The van der Waals surface area contributed by atoms with Gasteiger partial charge in [-0.05, 0) is 57.6 Å². The molecule has 1 aromatic carbocycles. The number of unbranched alkanes of at least 4 members (excludes halogenated alkanes) is 1. The Morgan fingerprint density at radius 3 is 2.62 bits per heavy atom. The summed E-state index contributed by atoms with van der Waals surface area (Å²) in [5.74, 6) is -3.46. The molecule has 0 bridgehead atoms. The van der Waals surface area contributed by atoms with Crippen LogP contribution in [0.5, 0.6) is 0 Å². The molecule has 1 aliphatic carbocycles. The first-order valence-electron chi connectivity index (χ1n) is 13.8. The summed E-state index contributed by atoms with van der Waals surface area (Å²) < 4.78 is 48.3. The van der Waals surface area contributed by atoms with Crippen molar-refractivity contribution in [1.82, 2.24) is 15.5 Å². The Morgan fingerprint density at radius 1 is 1.16 bits per heavy atom. The van der Waals surface area contributed by atoms with Gasteiger partial charge in [0.2, 0.25) is 0 Å². The number of likely N-dealkylation sites (N-methyl/N-ethyl adjacent to an activating group) is 1. The number of rotatable bonds is 12. The number of likely N-dealkylation sites (tertiary alicyclic amines) is 1. The summed E-state index contributed by atoms with van der Waals surface area (Å²) in [7, 11) is 3.44. The molecule has 1 saturated heterocycles. The van der Waals surface area contributed by atoms with Gasteiger partial charge < -0.3 is 25.4 Å². The van der Waals surface area contributed by atoms with Gasteiger partial charge in [0, 0.05) is 56.9 Å². The number of ether oxygens (including phenoxy) is 1. The molecule has 3 atom stereocenters. The second-order valence-corrected chi connectivity index (χ2v) is 10.9. The largest absolute Gasteiger partial charge is 0.385 e. The number of benzene rings is 1. The molecule has 9 heteroatoms. The minimum atomic E-state index is -1.81. The van der Waals surface area contributed by atoms with Crippen LogP contribution in [0.3, 0.4) is 0 Å². The molecular weight excluding hydrogens is 483 g/mol. The summed E-state index contributed by atoms with van der Waals surface area (Å²) >= 11 is 0. The van der Waals surface area contributed by atoms with Gasteiger partial charge in [0.25, 0.3) is 0 Å². The number of nitrogens with zero attached hydrogens (tertiary/aromatic N) is 1. The van der Waals surface area contributed by atoms with E-state index in [1.807, 2.05) is 7.05 Å². The Kier molecular flexibility index (Phi) is 11.5. The minimum absolute atomic E-state index is 0.0105. The number of halogens is 3. The van der Waals surface area contributed by atoms with E-state index in [-0.39, 0.29) is 30.6 Å². The van der Waals surface area contributed by atoms with Crippen LogP contribution in [0, 0.1) is 29.3 Å². The van der Waals surface area contributed by atoms with Crippen LogP contribution in [0.15, 0.2) is 12.1 Å². The highest BCUT2D eigenvalue weighted by molar-refractivity contribution is 5.74. The van der Waals surface area contributed by atoms with Gasteiger partial charge in [-0.2, -0.15) is 0 Å². The van der Waals surface area contributed by atoms with Gasteiger partial charge in [-0.1, -0.05) is 32.1 Å². The Labute approximate surface area is 219 Å². The molecule has 1 unspecified atom stereocenters. The fourth-order valence-corrected chi connectivity index (χ4v) is 6.15. The van der Waals surface area contributed by atoms with Gasteiger partial charge in [0.05, 0.1) is 5.60 Å². The maximum Gasteiger partial charge on any atom is 0.317 e. The number of aliphatic hydroxyl groups is 1. The van der Waals surface area contributed by atoms with E-state index in [0.29, 0.717) is 57.4 Å². The summed E-state index contributed by atoms with van der Waals surface area (Å²) in [6.45, 7) is 1.82.